The minimum Gasteiger partial charge on any atom is -0.372 e. The molecule has 0 aromatic heterocycles. The number of amides is 1. The van der Waals surface area contributed by atoms with Crippen molar-refractivity contribution in [2.45, 2.75) is 24.9 Å². The zero-order valence-electron chi connectivity index (χ0n) is 14.0. The minimum atomic E-state index is -0.600. The summed E-state index contributed by atoms with van der Waals surface area (Å²) in [7, 11) is 1.65. The van der Waals surface area contributed by atoms with E-state index in [1.54, 1.807) is 7.11 Å². The van der Waals surface area contributed by atoms with Crippen LogP contribution in [0.25, 0.3) is 0 Å². The number of hydrogen-bond acceptors (Lipinski definition) is 2. The van der Waals surface area contributed by atoms with Gasteiger partial charge in [-0.3, -0.25) is 4.79 Å². The number of ether oxygens (including phenoxy) is 1. The van der Waals surface area contributed by atoms with E-state index in [4.69, 9.17) is 16.3 Å². The monoisotopic (exact) mass is 343 g/mol. The Kier molecular flexibility index (Phi) is 4.93. The van der Waals surface area contributed by atoms with Crippen LogP contribution in [0.3, 0.4) is 0 Å². The van der Waals surface area contributed by atoms with E-state index >= 15 is 0 Å². The molecule has 3 atom stereocenters. The van der Waals surface area contributed by atoms with E-state index in [0.717, 1.165) is 12.0 Å². The van der Waals surface area contributed by atoms with Crippen molar-refractivity contribution >= 4 is 17.5 Å². The maximum Gasteiger partial charge on any atom is 0.223 e. The van der Waals surface area contributed by atoms with Gasteiger partial charge in [0, 0.05) is 18.1 Å². The largest absolute Gasteiger partial charge is 0.372 e. The molecule has 0 unspecified atom stereocenters. The molecule has 0 heterocycles. The SMILES string of the molecule is CO[C@@](C)(CNC(=O)[C@H]1C[C@@H]1c1ccccc1)c1cccc(Cl)c1. The second-order valence-electron chi connectivity index (χ2n) is 6.52. The average Bonchev–Trinajstić information content (AvgIpc) is 3.41. The summed E-state index contributed by atoms with van der Waals surface area (Å²) in [6.45, 7) is 2.38. The molecule has 0 radical (unpaired) electrons. The minimum absolute atomic E-state index is 0.0628. The lowest BCUT2D eigenvalue weighted by Gasteiger charge is -2.29. The van der Waals surface area contributed by atoms with Gasteiger partial charge in [-0.15, -0.1) is 0 Å². The molecule has 1 aliphatic rings. The van der Waals surface area contributed by atoms with Gasteiger partial charge in [0.2, 0.25) is 5.91 Å². The Bertz CT molecular complexity index is 719. The standard InChI is InChI=1S/C20H22ClNO2/c1-20(24-2,15-9-6-10-16(21)11-15)13-22-19(23)18-12-17(18)14-7-4-3-5-8-14/h3-11,17-18H,12-13H2,1-2H3,(H,22,23)/t17-,18+,20+/m1/s1. The van der Waals surface area contributed by atoms with Crippen molar-refractivity contribution < 1.29 is 9.53 Å². The first-order chi connectivity index (χ1) is 11.5. The van der Waals surface area contributed by atoms with Crippen LogP contribution < -0.4 is 5.32 Å². The van der Waals surface area contributed by atoms with Crippen molar-refractivity contribution in [2.75, 3.05) is 13.7 Å². The van der Waals surface area contributed by atoms with Crippen LogP contribution in [0.4, 0.5) is 0 Å². The summed E-state index contributed by atoms with van der Waals surface area (Å²) < 4.78 is 5.67. The zero-order valence-corrected chi connectivity index (χ0v) is 14.7. The maximum atomic E-state index is 12.5. The highest BCUT2D eigenvalue weighted by Crippen LogP contribution is 2.47. The number of nitrogens with one attached hydrogen (secondary N) is 1. The molecule has 1 aliphatic carbocycles. The van der Waals surface area contributed by atoms with Crippen LogP contribution in [-0.4, -0.2) is 19.6 Å². The molecule has 0 bridgehead atoms. The molecule has 0 aliphatic heterocycles. The number of methoxy groups -OCH3 is 1. The number of carbonyl (C=O) groups is 1. The van der Waals surface area contributed by atoms with Gasteiger partial charge in [0.05, 0.1) is 6.54 Å². The van der Waals surface area contributed by atoms with Gasteiger partial charge in [-0.2, -0.15) is 0 Å². The van der Waals surface area contributed by atoms with Crippen LogP contribution in [0.1, 0.15) is 30.4 Å². The van der Waals surface area contributed by atoms with Gasteiger partial charge in [0.15, 0.2) is 0 Å². The van der Waals surface area contributed by atoms with Gasteiger partial charge in [0.25, 0.3) is 0 Å². The molecular weight excluding hydrogens is 322 g/mol. The lowest BCUT2D eigenvalue weighted by molar-refractivity contribution is -0.124. The molecular formula is C20H22ClNO2. The molecule has 126 valence electrons. The van der Waals surface area contributed by atoms with Gasteiger partial charge < -0.3 is 10.1 Å². The molecule has 3 nitrogen and oxygen atoms in total. The molecule has 1 fully saturated rings. The molecule has 1 N–H and O–H groups in total. The summed E-state index contributed by atoms with van der Waals surface area (Å²) in [6.07, 6.45) is 0.913. The predicted molar refractivity (Wildman–Crippen MR) is 96.1 cm³/mol. The molecule has 1 saturated carbocycles. The second kappa shape index (κ2) is 6.96. The van der Waals surface area contributed by atoms with Crippen LogP contribution in [0.15, 0.2) is 54.6 Å². The van der Waals surface area contributed by atoms with E-state index in [1.807, 2.05) is 49.4 Å². The number of carbonyl (C=O) groups excluding carboxylic acids is 1. The summed E-state index contributed by atoms with van der Waals surface area (Å²) in [5.41, 5.74) is 1.59. The fraction of sp³-hybridized carbons (Fsp3) is 0.350. The van der Waals surface area contributed by atoms with E-state index in [0.29, 0.717) is 17.5 Å². The topological polar surface area (TPSA) is 38.3 Å². The third-order valence-electron chi connectivity index (χ3n) is 4.84. The number of benzene rings is 2. The Labute approximate surface area is 148 Å². The maximum absolute atomic E-state index is 12.5. The molecule has 3 rings (SSSR count). The fourth-order valence-electron chi connectivity index (χ4n) is 3.05. The normalized spacial score (nSPS) is 21.8. The lowest BCUT2D eigenvalue weighted by Crippen LogP contribution is -2.40. The van der Waals surface area contributed by atoms with Gasteiger partial charge in [-0.25, -0.2) is 0 Å². The second-order valence-corrected chi connectivity index (χ2v) is 6.96. The van der Waals surface area contributed by atoms with E-state index in [-0.39, 0.29) is 11.8 Å². The van der Waals surface area contributed by atoms with Crippen molar-refractivity contribution in [2.24, 2.45) is 5.92 Å². The first kappa shape index (κ1) is 17.0. The summed E-state index contributed by atoms with van der Waals surface area (Å²) in [6, 6.07) is 17.8. The van der Waals surface area contributed by atoms with Crippen LogP contribution in [0, 0.1) is 5.92 Å². The average molecular weight is 344 g/mol. The summed E-state index contributed by atoms with van der Waals surface area (Å²) in [5.74, 6) is 0.494. The molecule has 1 amide bonds. The highest BCUT2D eigenvalue weighted by atomic mass is 35.5. The molecule has 2 aromatic carbocycles. The quantitative estimate of drug-likeness (QED) is 0.856. The van der Waals surface area contributed by atoms with Crippen LogP contribution in [-0.2, 0) is 15.1 Å². The van der Waals surface area contributed by atoms with E-state index in [2.05, 4.69) is 17.4 Å². The molecule has 4 heteroatoms. The van der Waals surface area contributed by atoms with Crippen molar-refractivity contribution in [1.82, 2.24) is 5.32 Å². The van der Waals surface area contributed by atoms with Crippen LogP contribution in [0.5, 0.6) is 0 Å². The molecule has 2 aromatic rings. The van der Waals surface area contributed by atoms with Crippen molar-refractivity contribution in [3.05, 3.63) is 70.7 Å². The summed E-state index contributed by atoms with van der Waals surface area (Å²) >= 11 is 6.08. The van der Waals surface area contributed by atoms with Gasteiger partial charge >= 0.3 is 0 Å². The Balaban J connectivity index is 1.61. The number of hydrogen-bond donors (Lipinski definition) is 1. The Morgan fingerprint density at radius 2 is 2.00 bits per heavy atom. The molecule has 0 spiro atoms. The Morgan fingerprint density at radius 1 is 1.25 bits per heavy atom. The molecule has 0 saturated heterocycles. The van der Waals surface area contributed by atoms with Crippen molar-refractivity contribution in [3.63, 3.8) is 0 Å². The van der Waals surface area contributed by atoms with Gasteiger partial charge in [0.1, 0.15) is 5.60 Å². The highest BCUT2D eigenvalue weighted by Gasteiger charge is 2.44. The van der Waals surface area contributed by atoms with Crippen molar-refractivity contribution in [1.29, 1.82) is 0 Å². The summed E-state index contributed by atoms with van der Waals surface area (Å²) in [4.78, 5) is 12.5. The van der Waals surface area contributed by atoms with Crippen LogP contribution in [0.2, 0.25) is 5.02 Å². The number of halogens is 1. The molecule has 24 heavy (non-hydrogen) atoms. The third-order valence-corrected chi connectivity index (χ3v) is 5.08. The predicted octanol–water partition coefficient (Wildman–Crippen LogP) is 4.12. The Hall–Kier alpha value is -1.84. The third kappa shape index (κ3) is 3.63. The van der Waals surface area contributed by atoms with E-state index in [1.165, 1.54) is 5.56 Å². The fourth-order valence-corrected chi connectivity index (χ4v) is 3.24. The lowest BCUT2D eigenvalue weighted by atomic mass is 9.95. The zero-order chi connectivity index (χ0) is 17.2. The van der Waals surface area contributed by atoms with Crippen molar-refractivity contribution in [3.8, 4) is 0 Å². The number of rotatable bonds is 6. The highest BCUT2D eigenvalue weighted by molar-refractivity contribution is 6.30. The van der Waals surface area contributed by atoms with E-state index < -0.39 is 5.60 Å². The smallest absolute Gasteiger partial charge is 0.223 e. The Morgan fingerprint density at radius 3 is 2.67 bits per heavy atom. The van der Waals surface area contributed by atoms with Gasteiger partial charge in [-0.05, 0) is 42.5 Å². The summed E-state index contributed by atoms with van der Waals surface area (Å²) in [5, 5.41) is 3.71. The van der Waals surface area contributed by atoms with Gasteiger partial charge in [-0.1, -0.05) is 54.1 Å². The first-order valence-electron chi connectivity index (χ1n) is 8.17. The first-order valence-corrected chi connectivity index (χ1v) is 8.55. The van der Waals surface area contributed by atoms with E-state index in [9.17, 15) is 4.79 Å². The van der Waals surface area contributed by atoms with Crippen LogP contribution >= 0.6 is 11.6 Å².